The maximum absolute atomic E-state index is 12.2. The van der Waals surface area contributed by atoms with Crippen LogP contribution in [0.15, 0.2) is 0 Å². The Kier molecular flexibility index (Phi) is 4.46. The quantitative estimate of drug-likeness (QED) is 0.826. The van der Waals surface area contributed by atoms with Crippen LogP contribution in [-0.2, 0) is 4.79 Å². The highest BCUT2D eigenvalue weighted by Crippen LogP contribution is 2.39. The molecule has 0 radical (unpaired) electrons. The van der Waals surface area contributed by atoms with Crippen molar-refractivity contribution in [1.82, 2.24) is 10.2 Å². The Morgan fingerprint density at radius 1 is 1.42 bits per heavy atom. The van der Waals surface area contributed by atoms with Crippen molar-refractivity contribution >= 4 is 5.91 Å². The molecular weight excluding hydrogens is 238 g/mol. The summed E-state index contributed by atoms with van der Waals surface area (Å²) in [6, 6.07) is 2.82. The van der Waals surface area contributed by atoms with E-state index < -0.39 is 5.54 Å². The molecule has 106 valence electrons. The summed E-state index contributed by atoms with van der Waals surface area (Å²) in [5, 5.41) is 12.2. The first-order valence-electron chi connectivity index (χ1n) is 7.55. The van der Waals surface area contributed by atoms with E-state index in [-0.39, 0.29) is 5.91 Å². The Hall–Kier alpha value is -1.08. The van der Waals surface area contributed by atoms with Crippen molar-refractivity contribution in [2.24, 2.45) is 5.92 Å². The molecule has 1 aliphatic carbocycles. The average Bonchev–Trinajstić information content (AvgIpc) is 3.23. The van der Waals surface area contributed by atoms with Gasteiger partial charge >= 0.3 is 0 Å². The Morgan fingerprint density at radius 2 is 2.16 bits per heavy atom. The van der Waals surface area contributed by atoms with Gasteiger partial charge in [0.05, 0.1) is 12.6 Å². The van der Waals surface area contributed by atoms with Gasteiger partial charge in [0, 0.05) is 6.04 Å². The molecule has 2 atom stereocenters. The summed E-state index contributed by atoms with van der Waals surface area (Å²) >= 11 is 0. The molecule has 1 N–H and O–H groups in total. The zero-order valence-corrected chi connectivity index (χ0v) is 12.1. The van der Waals surface area contributed by atoms with E-state index in [4.69, 9.17) is 0 Å². The van der Waals surface area contributed by atoms with Gasteiger partial charge in [0.15, 0.2) is 0 Å². The zero-order chi connectivity index (χ0) is 13.9. The predicted octanol–water partition coefficient (Wildman–Crippen LogP) is 2.06. The summed E-state index contributed by atoms with van der Waals surface area (Å²) in [4.78, 5) is 14.5. The third kappa shape index (κ3) is 3.48. The van der Waals surface area contributed by atoms with Crippen LogP contribution in [0.2, 0.25) is 0 Å². The van der Waals surface area contributed by atoms with Crippen LogP contribution in [0.5, 0.6) is 0 Å². The van der Waals surface area contributed by atoms with E-state index in [2.05, 4.69) is 23.2 Å². The van der Waals surface area contributed by atoms with Crippen LogP contribution in [0.25, 0.3) is 0 Å². The van der Waals surface area contributed by atoms with Gasteiger partial charge in [-0.1, -0.05) is 13.3 Å². The molecule has 1 amide bonds. The Labute approximate surface area is 116 Å². The lowest BCUT2D eigenvalue weighted by molar-refractivity contribution is -0.124. The van der Waals surface area contributed by atoms with E-state index >= 15 is 0 Å². The van der Waals surface area contributed by atoms with E-state index in [1.165, 1.54) is 19.3 Å². The summed E-state index contributed by atoms with van der Waals surface area (Å²) < 4.78 is 0. The fourth-order valence-corrected chi connectivity index (χ4v) is 3.13. The minimum absolute atomic E-state index is 0.0105. The lowest BCUT2D eigenvalue weighted by atomic mass is 9.97. The van der Waals surface area contributed by atoms with Crippen LogP contribution in [0.3, 0.4) is 0 Å². The molecule has 1 saturated carbocycles. The largest absolute Gasteiger partial charge is 0.337 e. The van der Waals surface area contributed by atoms with Crippen LogP contribution >= 0.6 is 0 Å². The number of hydrogen-bond acceptors (Lipinski definition) is 3. The summed E-state index contributed by atoms with van der Waals surface area (Å²) in [6.07, 6.45) is 6.88. The van der Waals surface area contributed by atoms with Gasteiger partial charge in [-0.05, 0) is 51.5 Å². The fraction of sp³-hybridized carbons (Fsp3) is 0.867. The van der Waals surface area contributed by atoms with Gasteiger partial charge in [0.2, 0.25) is 5.91 Å². The SMILES string of the molecule is CC[C@H]1CCCCN1CC(=O)N[C@](C)(C#N)C1CC1. The summed E-state index contributed by atoms with van der Waals surface area (Å²) in [7, 11) is 0. The number of hydrogen-bond donors (Lipinski definition) is 1. The van der Waals surface area contributed by atoms with Crippen LogP contribution < -0.4 is 5.32 Å². The predicted molar refractivity (Wildman–Crippen MR) is 74.4 cm³/mol. The fourth-order valence-electron chi connectivity index (χ4n) is 3.13. The molecule has 0 unspecified atom stereocenters. The standard InChI is InChI=1S/C15H25N3O/c1-3-13-6-4-5-9-18(13)10-14(19)17-15(2,11-16)12-7-8-12/h12-13H,3-10H2,1-2H3,(H,17,19)/t13-,15+/m0/s1. The van der Waals surface area contributed by atoms with Crippen molar-refractivity contribution in [3.8, 4) is 6.07 Å². The number of nitriles is 1. The van der Waals surface area contributed by atoms with E-state index in [1.54, 1.807) is 0 Å². The summed E-state index contributed by atoms with van der Waals surface area (Å²) in [5.41, 5.74) is -0.658. The van der Waals surface area contributed by atoms with Crippen molar-refractivity contribution in [3.05, 3.63) is 0 Å². The topological polar surface area (TPSA) is 56.1 Å². The first-order valence-corrected chi connectivity index (χ1v) is 7.55. The molecule has 0 aromatic heterocycles. The second kappa shape index (κ2) is 5.92. The monoisotopic (exact) mass is 263 g/mol. The van der Waals surface area contributed by atoms with Crippen molar-refractivity contribution < 1.29 is 4.79 Å². The van der Waals surface area contributed by atoms with Crippen molar-refractivity contribution in [3.63, 3.8) is 0 Å². The van der Waals surface area contributed by atoms with Crippen LogP contribution in [-0.4, -0.2) is 35.5 Å². The van der Waals surface area contributed by atoms with E-state index in [1.807, 2.05) is 6.92 Å². The third-order valence-electron chi connectivity index (χ3n) is 4.59. The number of rotatable bonds is 5. The average molecular weight is 263 g/mol. The molecule has 0 aromatic carbocycles. The number of amides is 1. The maximum Gasteiger partial charge on any atom is 0.235 e. The first kappa shape index (κ1) is 14.3. The highest BCUT2D eigenvalue weighted by atomic mass is 16.2. The van der Waals surface area contributed by atoms with Crippen molar-refractivity contribution in [2.45, 2.75) is 64.0 Å². The van der Waals surface area contributed by atoms with Crippen LogP contribution in [0, 0.1) is 17.2 Å². The molecule has 2 fully saturated rings. The first-order chi connectivity index (χ1) is 9.09. The van der Waals surface area contributed by atoms with Gasteiger partial charge in [0.1, 0.15) is 5.54 Å². The van der Waals surface area contributed by atoms with Crippen LogP contribution in [0.1, 0.15) is 52.4 Å². The Bertz CT molecular complexity index is 372. The molecule has 2 aliphatic rings. The summed E-state index contributed by atoms with van der Waals surface area (Å²) in [5.74, 6) is 0.362. The number of nitrogens with one attached hydrogen (secondary N) is 1. The third-order valence-corrected chi connectivity index (χ3v) is 4.59. The lowest BCUT2D eigenvalue weighted by Gasteiger charge is -2.35. The lowest BCUT2D eigenvalue weighted by Crippen LogP contribution is -2.52. The number of carbonyl (C=O) groups excluding carboxylic acids is 1. The normalized spacial score (nSPS) is 27.3. The van der Waals surface area contributed by atoms with Gasteiger partial charge in [-0.15, -0.1) is 0 Å². The summed E-state index contributed by atoms with van der Waals surface area (Å²) in [6.45, 7) is 5.50. The molecule has 1 aliphatic heterocycles. The number of likely N-dealkylation sites (tertiary alicyclic amines) is 1. The molecule has 19 heavy (non-hydrogen) atoms. The molecular formula is C15H25N3O. The Balaban J connectivity index is 1.88. The molecule has 0 aromatic rings. The number of nitrogens with zero attached hydrogens (tertiary/aromatic N) is 2. The molecule has 2 rings (SSSR count). The van der Waals surface area contributed by atoms with E-state index in [9.17, 15) is 10.1 Å². The van der Waals surface area contributed by atoms with Gasteiger partial charge in [-0.25, -0.2) is 0 Å². The van der Waals surface area contributed by atoms with Crippen LogP contribution in [0.4, 0.5) is 0 Å². The maximum atomic E-state index is 12.2. The highest BCUT2D eigenvalue weighted by Gasteiger charge is 2.43. The molecule has 0 spiro atoms. The molecule has 1 heterocycles. The number of piperidine rings is 1. The minimum Gasteiger partial charge on any atom is -0.337 e. The second-order valence-corrected chi connectivity index (χ2v) is 6.16. The second-order valence-electron chi connectivity index (χ2n) is 6.16. The molecule has 4 nitrogen and oxygen atoms in total. The molecule has 0 bridgehead atoms. The Morgan fingerprint density at radius 3 is 2.74 bits per heavy atom. The molecule has 1 saturated heterocycles. The van der Waals surface area contributed by atoms with Gasteiger partial charge in [0.25, 0.3) is 0 Å². The number of carbonyl (C=O) groups is 1. The smallest absolute Gasteiger partial charge is 0.235 e. The van der Waals surface area contributed by atoms with Gasteiger partial charge in [-0.3, -0.25) is 9.69 Å². The van der Waals surface area contributed by atoms with E-state index in [0.717, 1.165) is 25.8 Å². The highest BCUT2D eigenvalue weighted by molar-refractivity contribution is 5.79. The molecule has 4 heteroatoms. The van der Waals surface area contributed by atoms with E-state index in [0.29, 0.717) is 18.5 Å². The van der Waals surface area contributed by atoms with Crippen molar-refractivity contribution in [2.75, 3.05) is 13.1 Å². The van der Waals surface area contributed by atoms with Gasteiger partial charge < -0.3 is 5.32 Å². The minimum atomic E-state index is -0.658. The zero-order valence-electron chi connectivity index (χ0n) is 12.1. The van der Waals surface area contributed by atoms with Gasteiger partial charge in [-0.2, -0.15) is 5.26 Å². The van der Waals surface area contributed by atoms with Crippen molar-refractivity contribution in [1.29, 1.82) is 5.26 Å².